The van der Waals surface area contributed by atoms with Crippen molar-refractivity contribution < 1.29 is 8.42 Å². The molecule has 0 amide bonds. The fourth-order valence-electron chi connectivity index (χ4n) is 2.22. The molecule has 1 aliphatic carbocycles. The van der Waals surface area contributed by atoms with Gasteiger partial charge in [-0.25, -0.2) is 13.1 Å². The van der Waals surface area contributed by atoms with Crippen LogP contribution in [0.5, 0.6) is 0 Å². The summed E-state index contributed by atoms with van der Waals surface area (Å²) in [6, 6.07) is 1.53. The molecule has 1 aromatic heterocycles. The van der Waals surface area contributed by atoms with Crippen LogP contribution >= 0.6 is 38.9 Å². The average molecular weight is 387 g/mol. The minimum absolute atomic E-state index is 0.109. The molecular formula is C12H17BrClNO2S2. The topological polar surface area (TPSA) is 46.2 Å². The van der Waals surface area contributed by atoms with Crippen LogP contribution < -0.4 is 4.72 Å². The third-order valence-electron chi connectivity index (χ3n) is 3.34. The number of nitrogens with one attached hydrogen (secondary N) is 1. The van der Waals surface area contributed by atoms with Gasteiger partial charge in [0.15, 0.2) is 0 Å². The Hall–Kier alpha value is 0.380. The monoisotopic (exact) mass is 385 g/mol. The summed E-state index contributed by atoms with van der Waals surface area (Å²) < 4.78 is 28.7. The van der Waals surface area contributed by atoms with Gasteiger partial charge in [0.05, 0.1) is 3.79 Å². The summed E-state index contributed by atoms with van der Waals surface area (Å²) in [5.41, 5.74) is 0.939. The highest BCUT2D eigenvalue weighted by atomic mass is 79.9. The molecule has 1 fully saturated rings. The molecule has 1 heterocycles. The standard InChI is InChI=1S/C12H17BrClNO2S2/c1-8-7-11(18-12(8)13)19(16,17)15-10-6-4-2-3-5-9(10)14/h7,9-10,15H,2-6H2,1H3. The number of hydrogen-bond acceptors (Lipinski definition) is 3. The number of alkyl halides is 1. The second kappa shape index (κ2) is 6.43. The Labute approximate surface area is 131 Å². The number of thiophene rings is 1. The Bertz CT molecular complexity index is 524. The van der Waals surface area contributed by atoms with Crippen molar-refractivity contribution >= 4 is 48.9 Å². The molecule has 0 aromatic carbocycles. The second-order valence-electron chi connectivity index (χ2n) is 4.90. The average Bonchev–Trinajstić information content (AvgIpc) is 2.55. The third-order valence-corrected chi connectivity index (χ3v) is 7.96. The lowest BCUT2D eigenvalue weighted by Gasteiger charge is -2.20. The lowest BCUT2D eigenvalue weighted by molar-refractivity contribution is 0.515. The summed E-state index contributed by atoms with van der Waals surface area (Å²) in [5, 5.41) is -0.109. The zero-order valence-corrected chi connectivity index (χ0v) is 14.6. The van der Waals surface area contributed by atoms with Gasteiger partial charge in [-0.2, -0.15) is 0 Å². The molecule has 7 heteroatoms. The van der Waals surface area contributed by atoms with Crippen molar-refractivity contribution in [2.24, 2.45) is 0 Å². The van der Waals surface area contributed by atoms with Gasteiger partial charge >= 0.3 is 0 Å². The van der Waals surface area contributed by atoms with E-state index >= 15 is 0 Å². The van der Waals surface area contributed by atoms with Crippen molar-refractivity contribution in [1.29, 1.82) is 0 Å². The molecule has 0 radical (unpaired) electrons. The first-order chi connectivity index (χ1) is 8.90. The molecule has 1 aliphatic rings. The van der Waals surface area contributed by atoms with Crippen molar-refractivity contribution in [1.82, 2.24) is 4.72 Å². The molecule has 1 N–H and O–H groups in total. The van der Waals surface area contributed by atoms with Crippen molar-refractivity contribution in [2.75, 3.05) is 0 Å². The zero-order valence-electron chi connectivity index (χ0n) is 10.7. The summed E-state index contributed by atoms with van der Waals surface area (Å²) in [6.45, 7) is 1.88. The highest BCUT2D eigenvalue weighted by Gasteiger charge is 2.28. The number of rotatable bonds is 3. The quantitative estimate of drug-likeness (QED) is 0.629. The Balaban J connectivity index is 2.16. The maximum atomic E-state index is 12.3. The SMILES string of the molecule is Cc1cc(S(=O)(=O)NC2CCCCCC2Cl)sc1Br. The predicted molar refractivity (Wildman–Crippen MR) is 83.6 cm³/mol. The van der Waals surface area contributed by atoms with Gasteiger partial charge in [-0.1, -0.05) is 19.3 Å². The van der Waals surface area contributed by atoms with Crippen LogP contribution in [0.4, 0.5) is 0 Å². The van der Waals surface area contributed by atoms with E-state index in [1.54, 1.807) is 6.07 Å². The molecule has 1 saturated carbocycles. The van der Waals surface area contributed by atoms with Crippen LogP contribution in [-0.4, -0.2) is 19.8 Å². The van der Waals surface area contributed by atoms with Crippen molar-refractivity contribution in [3.8, 4) is 0 Å². The van der Waals surface area contributed by atoms with Crippen LogP contribution in [0.15, 0.2) is 14.1 Å². The van der Waals surface area contributed by atoms with Gasteiger partial charge in [-0.05, 0) is 47.3 Å². The third kappa shape index (κ3) is 3.94. The van der Waals surface area contributed by atoms with E-state index in [2.05, 4.69) is 20.7 Å². The minimum atomic E-state index is -3.46. The van der Waals surface area contributed by atoms with E-state index in [1.807, 2.05) is 6.92 Å². The first-order valence-electron chi connectivity index (χ1n) is 6.32. The molecule has 2 atom stereocenters. The van der Waals surface area contributed by atoms with E-state index in [9.17, 15) is 8.42 Å². The summed E-state index contributed by atoms with van der Waals surface area (Å²) in [4.78, 5) is 0. The summed E-state index contributed by atoms with van der Waals surface area (Å²) in [7, 11) is -3.46. The van der Waals surface area contributed by atoms with Gasteiger partial charge in [0.1, 0.15) is 4.21 Å². The van der Waals surface area contributed by atoms with Crippen LogP contribution in [0.25, 0.3) is 0 Å². The Morgan fingerprint density at radius 3 is 2.68 bits per heavy atom. The lowest BCUT2D eigenvalue weighted by atomic mass is 10.1. The van der Waals surface area contributed by atoms with Crippen LogP contribution in [0.1, 0.15) is 37.7 Å². The van der Waals surface area contributed by atoms with Gasteiger partial charge in [-0.15, -0.1) is 22.9 Å². The molecule has 0 saturated heterocycles. The largest absolute Gasteiger partial charge is 0.250 e. The molecule has 1 aromatic rings. The Kier molecular flexibility index (Phi) is 5.34. The van der Waals surface area contributed by atoms with Gasteiger partial charge in [0.25, 0.3) is 0 Å². The number of sulfonamides is 1. The molecule has 2 unspecified atom stereocenters. The van der Waals surface area contributed by atoms with Crippen LogP contribution in [0, 0.1) is 6.92 Å². The predicted octanol–water partition coefficient (Wildman–Crippen LogP) is 4.04. The van der Waals surface area contributed by atoms with E-state index in [1.165, 1.54) is 11.3 Å². The Morgan fingerprint density at radius 1 is 1.37 bits per heavy atom. The fraction of sp³-hybridized carbons (Fsp3) is 0.667. The number of hydrogen-bond donors (Lipinski definition) is 1. The molecule has 0 bridgehead atoms. The second-order valence-corrected chi connectivity index (χ2v) is 9.78. The van der Waals surface area contributed by atoms with Gasteiger partial charge in [-0.3, -0.25) is 0 Å². The first kappa shape index (κ1) is 15.8. The van der Waals surface area contributed by atoms with Crippen LogP contribution in [-0.2, 0) is 10.0 Å². The van der Waals surface area contributed by atoms with E-state index in [0.29, 0.717) is 4.21 Å². The van der Waals surface area contributed by atoms with Gasteiger partial charge < -0.3 is 0 Å². The summed E-state index contributed by atoms with van der Waals surface area (Å²) in [6.07, 6.45) is 4.94. The van der Waals surface area contributed by atoms with Crippen LogP contribution in [0.3, 0.4) is 0 Å². The van der Waals surface area contributed by atoms with Gasteiger partial charge in [0, 0.05) is 11.4 Å². The normalized spacial score (nSPS) is 25.2. The maximum Gasteiger partial charge on any atom is 0.250 e. The zero-order chi connectivity index (χ0) is 14.0. The smallest absolute Gasteiger partial charge is 0.206 e. The number of halogens is 2. The molecule has 108 valence electrons. The van der Waals surface area contributed by atoms with E-state index in [0.717, 1.165) is 41.5 Å². The van der Waals surface area contributed by atoms with Gasteiger partial charge in [0.2, 0.25) is 10.0 Å². The molecule has 19 heavy (non-hydrogen) atoms. The summed E-state index contributed by atoms with van der Waals surface area (Å²) >= 11 is 10.9. The maximum absolute atomic E-state index is 12.3. The van der Waals surface area contributed by atoms with Crippen molar-refractivity contribution in [3.05, 3.63) is 15.4 Å². The minimum Gasteiger partial charge on any atom is -0.206 e. The van der Waals surface area contributed by atoms with E-state index < -0.39 is 10.0 Å². The van der Waals surface area contributed by atoms with Crippen molar-refractivity contribution in [3.63, 3.8) is 0 Å². The number of aryl methyl sites for hydroxylation is 1. The fourth-order valence-corrected chi connectivity index (χ4v) is 6.19. The highest BCUT2D eigenvalue weighted by molar-refractivity contribution is 9.11. The molecule has 3 nitrogen and oxygen atoms in total. The van der Waals surface area contributed by atoms with E-state index in [4.69, 9.17) is 11.6 Å². The molecule has 0 aliphatic heterocycles. The van der Waals surface area contributed by atoms with E-state index in [-0.39, 0.29) is 11.4 Å². The highest BCUT2D eigenvalue weighted by Crippen LogP contribution is 2.31. The van der Waals surface area contributed by atoms with Crippen molar-refractivity contribution in [2.45, 2.75) is 54.7 Å². The molecule has 0 spiro atoms. The lowest BCUT2D eigenvalue weighted by Crippen LogP contribution is -2.40. The van der Waals surface area contributed by atoms with Crippen LogP contribution in [0.2, 0.25) is 0 Å². The first-order valence-corrected chi connectivity index (χ1v) is 9.85. The summed E-state index contributed by atoms with van der Waals surface area (Å²) in [5.74, 6) is 0. The molecule has 2 rings (SSSR count). The molecular weight excluding hydrogens is 370 g/mol. The Morgan fingerprint density at radius 2 is 2.05 bits per heavy atom.